The van der Waals surface area contributed by atoms with Gasteiger partial charge < -0.3 is 20.4 Å². The van der Waals surface area contributed by atoms with Crippen molar-refractivity contribution in [3.63, 3.8) is 0 Å². The molecule has 2 unspecified atom stereocenters. The van der Waals surface area contributed by atoms with E-state index in [1.807, 2.05) is 38.1 Å². The van der Waals surface area contributed by atoms with Gasteiger partial charge in [-0.15, -0.1) is 0 Å². The summed E-state index contributed by atoms with van der Waals surface area (Å²) in [6, 6.07) is 14.9. The Hall–Kier alpha value is -3.14. The predicted molar refractivity (Wildman–Crippen MR) is 138 cm³/mol. The van der Waals surface area contributed by atoms with Gasteiger partial charge in [-0.25, -0.2) is 0 Å². The Morgan fingerprint density at radius 3 is 1.59 bits per heavy atom. The van der Waals surface area contributed by atoms with E-state index in [1.54, 1.807) is 0 Å². The number of phenolic OH excluding ortho intramolecular Hbond substituents is 4. The Balaban J connectivity index is 2.18. The fourth-order valence-electron chi connectivity index (χ4n) is 5.19. The first kappa shape index (κ1) is 25.5. The number of aromatic hydroxyl groups is 4. The molecule has 0 saturated carbocycles. The zero-order chi connectivity index (χ0) is 25.2. The summed E-state index contributed by atoms with van der Waals surface area (Å²) in [4.78, 5) is 0. The van der Waals surface area contributed by atoms with Gasteiger partial charge in [-0.3, -0.25) is 0 Å². The van der Waals surface area contributed by atoms with Gasteiger partial charge in [0.15, 0.2) is 23.0 Å². The van der Waals surface area contributed by atoms with Crippen LogP contribution >= 0.6 is 0 Å². The van der Waals surface area contributed by atoms with Crippen molar-refractivity contribution in [2.45, 2.75) is 72.6 Å². The van der Waals surface area contributed by atoms with Gasteiger partial charge in [0, 0.05) is 17.0 Å². The molecule has 0 heterocycles. The van der Waals surface area contributed by atoms with Crippen LogP contribution in [0, 0.1) is 19.3 Å². The normalized spacial score (nSPS) is 14.2. The molecule has 0 radical (unpaired) electrons. The summed E-state index contributed by atoms with van der Waals surface area (Å²) in [5.41, 5.74) is 4.83. The van der Waals surface area contributed by atoms with Crippen LogP contribution in [-0.2, 0) is 0 Å². The second kappa shape index (κ2) is 10.0. The average Bonchev–Trinajstić information content (AvgIpc) is 2.80. The highest BCUT2D eigenvalue weighted by Gasteiger charge is 2.30. The van der Waals surface area contributed by atoms with E-state index in [1.165, 1.54) is 17.7 Å². The Morgan fingerprint density at radius 2 is 1.18 bits per heavy atom. The minimum Gasteiger partial charge on any atom is -0.504 e. The first-order chi connectivity index (χ1) is 16.0. The Morgan fingerprint density at radius 1 is 0.735 bits per heavy atom. The zero-order valence-electron chi connectivity index (χ0n) is 21.2. The molecule has 0 aliphatic heterocycles. The molecule has 0 saturated heterocycles. The van der Waals surface area contributed by atoms with Crippen LogP contribution in [0.3, 0.4) is 0 Å². The van der Waals surface area contributed by atoms with E-state index in [9.17, 15) is 20.4 Å². The largest absolute Gasteiger partial charge is 0.504 e. The fraction of sp³-hybridized carbons (Fsp3) is 0.400. The number of hydrogen-bond acceptors (Lipinski definition) is 4. The molecule has 4 heteroatoms. The van der Waals surface area contributed by atoms with E-state index in [-0.39, 0.29) is 28.4 Å². The van der Waals surface area contributed by atoms with Crippen molar-refractivity contribution in [1.29, 1.82) is 0 Å². The van der Waals surface area contributed by atoms with Gasteiger partial charge in [-0.05, 0) is 66.0 Å². The predicted octanol–water partition coefficient (Wildman–Crippen LogP) is 7.63. The lowest BCUT2D eigenvalue weighted by Crippen LogP contribution is -2.23. The minimum atomic E-state index is -0.575. The smallest absolute Gasteiger partial charge is 0.161 e. The third-order valence-electron chi connectivity index (χ3n) is 7.59. The summed E-state index contributed by atoms with van der Waals surface area (Å²) in [5, 5.41) is 42.2. The molecule has 4 N–H and O–H groups in total. The summed E-state index contributed by atoms with van der Waals surface area (Å²) in [5.74, 6) is -1.07. The Kier molecular flexibility index (Phi) is 7.50. The van der Waals surface area contributed by atoms with Crippen LogP contribution in [0.15, 0.2) is 48.5 Å². The highest BCUT2D eigenvalue weighted by atomic mass is 16.3. The summed E-state index contributed by atoms with van der Waals surface area (Å²) < 4.78 is 0. The lowest BCUT2D eigenvalue weighted by molar-refractivity contribution is 0.230. The van der Waals surface area contributed by atoms with Crippen molar-refractivity contribution < 1.29 is 20.4 Å². The van der Waals surface area contributed by atoms with Crippen LogP contribution in [0.1, 0.15) is 92.2 Å². The highest BCUT2D eigenvalue weighted by Crippen LogP contribution is 2.47. The molecule has 3 aromatic rings. The monoisotopic (exact) mass is 462 g/mol. The van der Waals surface area contributed by atoms with Crippen LogP contribution in [0.25, 0.3) is 0 Å². The van der Waals surface area contributed by atoms with Crippen LogP contribution in [0.2, 0.25) is 0 Å². The first-order valence-electron chi connectivity index (χ1n) is 12.2. The molecule has 3 rings (SSSR count). The van der Waals surface area contributed by atoms with Crippen LogP contribution in [-0.4, -0.2) is 20.4 Å². The fourth-order valence-corrected chi connectivity index (χ4v) is 5.19. The number of aryl methyl sites for hydroxylation is 2. The maximum atomic E-state index is 10.8. The number of benzene rings is 3. The molecule has 2 atom stereocenters. The number of rotatable bonds is 8. The van der Waals surface area contributed by atoms with Crippen LogP contribution < -0.4 is 0 Å². The van der Waals surface area contributed by atoms with E-state index in [4.69, 9.17) is 0 Å². The molecule has 0 aromatic heterocycles. The second-order valence-corrected chi connectivity index (χ2v) is 10.0. The number of hydrogen-bond donors (Lipinski definition) is 4. The molecule has 0 aliphatic rings. The zero-order valence-corrected chi connectivity index (χ0v) is 21.2. The van der Waals surface area contributed by atoms with E-state index in [0.29, 0.717) is 17.0 Å². The minimum absolute atomic E-state index is 0.205. The van der Waals surface area contributed by atoms with Gasteiger partial charge in [-0.1, -0.05) is 76.9 Å². The van der Waals surface area contributed by atoms with Gasteiger partial charge >= 0.3 is 0 Å². The molecule has 0 fully saturated rings. The molecule has 0 amide bonds. The van der Waals surface area contributed by atoms with Crippen molar-refractivity contribution in [1.82, 2.24) is 0 Å². The van der Waals surface area contributed by atoms with Crippen LogP contribution in [0.5, 0.6) is 23.0 Å². The van der Waals surface area contributed by atoms with Crippen molar-refractivity contribution in [2.24, 2.45) is 5.41 Å². The lowest BCUT2D eigenvalue weighted by atomic mass is 9.69. The third-order valence-corrected chi connectivity index (χ3v) is 7.59. The first-order valence-corrected chi connectivity index (χ1v) is 12.2. The average molecular weight is 463 g/mol. The van der Waals surface area contributed by atoms with Gasteiger partial charge in [0.25, 0.3) is 0 Å². The van der Waals surface area contributed by atoms with Gasteiger partial charge in [-0.2, -0.15) is 0 Å². The quantitative estimate of drug-likeness (QED) is 0.205. The summed E-state index contributed by atoms with van der Waals surface area (Å²) >= 11 is 0. The van der Waals surface area contributed by atoms with Crippen molar-refractivity contribution in [3.05, 3.63) is 81.9 Å². The molecule has 34 heavy (non-hydrogen) atoms. The summed E-state index contributed by atoms with van der Waals surface area (Å²) in [6.45, 7) is 12.8. The third kappa shape index (κ3) is 4.86. The molecular weight excluding hydrogens is 424 g/mol. The van der Waals surface area contributed by atoms with E-state index < -0.39 is 5.92 Å². The Bertz CT molecular complexity index is 1090. The molecule has 0 spiro atoms. The molecule has 3 aromatic carbocycles. The summed E-state index contributed by atoms with van der Waals surface area (Å²) in [7, 11) is 0. The highest BCUT2D eigenvalue weighted by molar-refractivity contribution is 5.60. The van der Waals surface area contributed by atoms with Gasteiger partial charge in [0.2, 0.25) is 0 Å². The number of phenols is 4. The lowest BCUT2D eigenvalue weighted by Gasteiger charge is -2.35. The summed E-state index contributed by atoms with van der Waals surface area (Å²) in [6.07, 6.45) is 3.39. The van der Waals surface area contributed by atoms with Gasteiger partial charge in [0.05, 0.1) is 0 Å². The molecule has 4 nitrogen and oxygen atoms in total. The van der Waals surface area contributed by atoms with Crippen molar-refractivity contribution in [2.75, 3.05) is 0 Å². The standard InChI is InChI=1S/C30H38O4/c1-7-13-30(6,8-2)20(5)21-9-11-22(12-10-21)27(23-14-18(3)16-25(31)28(23)33)24-15-19(4)17-26(32)29(24)34/h9-12,14-17,20,27,31-34H,7-8,13H2,1-6H3. The molecular formula is C30H38O4. The SMILES string of the molecule is CCCC(C)(CC)C(C)c1ccc(C(c2cc(C)cc(O)c2O)c2cc(C)cc(O)c2O)cc1. The topological polar surface area (TPSA) is 80.9 Å². The molecule has 182 valence electrons. The Labute approximate surface area is 203 Å². The van der Waals surface area contributed by atoms with Gasteiger partial charge in [0.1, 0.15) is 0 Å². The second-order valence-electron chi connectivity index (χ2n) is 10.0. The molecule has 0 aliphatic carbocycles. The maximum absolute atomic E-state index is 10.8. The molecule has 0 bridgehead atoms. The van der Waals surface area contributed by atoms with Crippen molar-refractivity contribution >= 4 is 0 Å². The van der Waals surface area contributed by atoms with E-state index in [2.05, 4.69) is 39.8 Å². The maximum Gasteiger partial charge on any atom is 0.161 e. The van der Waals surface area contributed by atoms with Crippen LogP contribution in [0.4, 0.5) is 0 Å². The van der Waals surface area contributed by atoms with E-state index >= 15 is 0 Å². The van der Waals surface area contributed by atoms with Crippen molar-refractivity contribution in [3.8, 4) is 23.0 Å². The van der Waals surface area contributed by atoms with E-state index in [0.717, 1.165) is 36.0 Å².